The van der Waals surface area contributed by atoms with E-state index in [4.69, 9.17) is 0 Å². The van der Waals surface area contributed by atoms with Crippen LogP contribution in [0.25, 0.3) is 0 Å². The van der Waals surface area contributed by atoms with E-state index in [-0.39, 0.29) is 4.31 Å². The highest BCUT2D eigenvalue weighted by molar-refractivity contribution is 7.82. The molecule has 1 N–H and O–H groups in total. The van der Waals surface area contributed by atoms with Crippen molar-refractivity contribution < 1.29 is 22.6 Å². The summed E-state index contributed by atoms with van der Waals surface area (Å²) < 4.78 is 25.6. The molecule has 7 heteroatoms. The fraction of sp³-hybridized carbons (Fsp3) is 0.889. The van der Waals surface area contributed by atoms with Gasteiger partial charge in [-0.3, -0.25) is 0 Å². The average Bonchev–Trinajstić information content (AvgIpc) is 2.67. The van der Waals surface area contributed by atoms with Gasteiger partial charge in [-0.2, -0.15) is 12.7 Å². The number of carbonyl (C=O) groups excluding carboxylic acids is 1. The zero-order valence-electron chi connectivity index (χ0n) is 9.60. The van der Waals surface area contributed by atoms with Crippen molar-refractivity contribution in [3.05, 3.63) is 0 Å². The number of hydrogen-bond donors (Lipinski definition) is 1. The van der Waals surface area contributed by atoms with Gasteiger partial charge in [0.05, 0.1) is 6.54 Å². The molecule has 0 radical (unpaired) electrons. The fourth-order valence-electron chi connectivity index (χ4n) is 2.10. The van der Waals surface area contributed by atoms with E-state index in [2.05, 4.69) is 0 Å². The lowest BCUT2D eigenvalue weighted by atomic mass is 10.2. The van der Waals surface area contributed by atoms with Crippen LogP contribution in [-0.2, 0) is 15.0 Å². The minimum atomic E-state index is -3.57. The van der Waals surface area contributed by atoms with Crippen LogP contribution in [0, 0.1) is 0 Å². The van der Waals surface area contributed by atoms with Crippen LogP contribution in [0.5, 0.6) is 0 Å². The Balaban J connectivity index is 2.94. The molecule has 1 rings (SSSR count). The van der Waals surface area contributed by atoms with Crippen molar-refractivity contribution in [1.82, 2.24) is 4.31 Å². The summed E-state index contributed by atoms with van der Waals surface area (Å²) in [6.45, 7) is 4.55. The Labute approximate surface area is 96.0 Å². The molecule has 0 aliphatic carbocycles. The average molecular weight is 250 g/mol. The number of carboxylic acids is 1. The summed E-state index contributed by atoms with van der Waals surface area (Å²) in [5, 5.41) is 10.8. The minimum Gasteiger partial charge on any atom is -0.544 e. The summed E-state index contributed by atoms with van der Waals surface area (Å²) in [6.07, 6.45) is 0.979. The SMILES string of the molecule is CCN(CC)S(=O)(=O)[NH+]1CCC[C@@H]1C(=O)[O-]. The first-order chi connectivity index (χ1) is 7.45. The second-order valence-electron chi connectivity index (χ2n) is 3.82. The molecule has 0 bridgehead atoms. The Kier molecular flexibility index (Phi) is 4.28. The van der Waals surface area contributed by atoms with E-state index in [1.165, 1.54) is 4.31 Å². The molecular formula is C9H18N2O4S. The Bertz CT molecular complexity index is 351. The third-order valence-corrected chi connectivity index (χ3v) is 5.31. The van der Waals surface area contributed by atoms with Gasteiger partial charge in [-0.25, -0.2) is 4.31 Å². The molecule has 94 valence electrons. The molecule has 1 aliphatic heterocycles. The number of aliphatic carboxylic acids is 1. The van der Waals surface area contributed by atoms with Crippen LogP contribution in [0.1, 0.15) is 26.7 Å². The van der Waals surface area contributed by atoms with E-state index in [0.29, 0.717) is 32.5 Å². The second kappa shape index (κ2) is 5.11. The highest BCUT2D eigenvalue weighted by Crippen LogP contribution is 2.03. The van der Waals surface area contributed by atoms with Crippen molar-refractivity contribution in [2.45, 2.75) is 32.7 Å². The molecule has 0 saturated carbocycles. The molecule has 0 amide bonds. The van der Waals surface area contributed by atoms with Crippen LogP contribution in [0.15, 0.2) is 0 Å². The topological polar surface area (TPSA) is 82.0 Å². The predicted octanol–water partition coefficient (Wildman–Crippen LogP) is -2.63. The van der Waals surface area contributed by atoms with Crippen molar-refractivity contribution >= 4 is 16.2 Å². The molecule has 16 heavy (non-hydrogen) atoms. The Hall–Kier alpha value is -0.660. The van der Waals surface area contributed by atoms with Crippen molar-refractivity contribution in [1.29, 1.82) is 0 Å². The van der Waals surface area contributed by atoms with Gasteiger partial charge in [0.1, 0.15) is 12.0 Å². The van der Waals surface area contributed by atoms with Gasteiger partial charge < -0.3 is 9.90 Å². The van der Waals surface area contributed by atoms with E-state index >= 15 is 0 Å². The molecule has 1 fully saturated rings. The van der Waals surface area contributed by atoms with Gasteiger partial charge in [0, 0.05) is 25.9 Å². The molecule has 0 aromatic carbocycles. The van der Waals surface area contributed by atoms with E-state index in [1.807, 2.05) is 0 Å². The Morgan fingerprint density at radius 2 is 2.00 bits per heavy atom. The first-order valence-corrected chi connectivity index (χ1v) is 6.95. The summed E-state index contributed by atoms with van der Waals surface area (Å²) in [4.78, 5) is 10.8. The lowest BCUT2D eigenvalue weighted by molar-refractivity contribution is -0.777. The lowest BCUT2D eigenvalue weighted by Crippen LogP contribution is -3.18. The zero-order chi connectivity index (χ0) is 12.3. The monoisotopic (exact) mass is 250 g/mol. The number of nitrogens with zero attached hydrogens (tertiary/aromatic N) is 1. The summed E-state index contributed by atoms with van der Waals surface area (Å²) in [6, 6.07) is -0.925. The summed E-state index contributed by atoms with van der Waals surface area (Å²) in [7, 11) is -3.57. The highest BCUT2D eigenvalue weighted by Gasteiger charge is 2.41. The molecule has 1 saturated heterocycles. The van der Waals surface area contributed by atoms with Crippen molar-refractivity contribution in [2.75, 3.05) is 19.6 Å². The number of carbonyl (C=O) groups is 1. The fourth-order valence-corrected chi connectivity index (χ4v) is 4.09. The van der Waals surface area contributed by atoms with Gasteiger partial charge in [0.2, 0.25) is 0 Å². The number of nitrogens with one attached hydrogen (secondary N) is 1. The van der Waals surface area contributed by atoms with Gasteiger partial charge in [-0.1, -0.05) is 13.8 Å². The van der Waals surface area contributed by atoms with E-state index < -0.39 is 22.2 Å². The van der Waals surface area contributed by atoms with Gasteiger partial charge in [0.15, 0.2) is 0 Å². The predicted molar refractivity (Wildman–Crippen MR) is 55.7 cm³/mol. The number of hydrogen-bond acceptors (Lipinski definition) is 4. The van der Waals surface area contributed by atoms with Gasteiger partial charge in [0.25, 0.3) is 0 Å². The third kappa shape index (κ3) is 2.36. The number of quaternary nitrogens is 1. The molecule has 1 aliphatic rings. The number of rotatable bonds is 5. The van der Waals surface area contributed by atoms with Crippen LogP contribution in [0.2, 0.25) is 0 Å². The molecule has 0 aromatic rings. The molecule has 6 nitrogen and oxygen atoms in total. The Morgan fingerprint density at radius 3 is 2.44 bits per heavy atom. The summed E-state index contributed by atoms with van der Waals surface area (Å²) >= 11 is 0. The quantitative estimate of drug-likeness (QED) is 0.579. The molecule has 0 aromatic heterocycles. The molecule has 0 spiro atoms. The van der Waals surface area contributed by atoms with Gasteiger partial charge >= 0.3 is 10.2 Å². The maximum Gasteiger partial charge on any atom is 0.371 e. The Morgan fingerprint density at radius 1 is 1.44 bits per heavy atom. The minimum absolute atomic E-state index is 0.121. The van der Waals surface area contributed by atoms with E-state index in [9.17, 15) is 18.3 Å². The maximum absolute atomic E-state index is 12.1. The summed E-state index contributed by atoms with van der Waals surface area (Å²) in [5.74, 6) is -1.27. The molecule has 1 heterocycles. The van der Waals surface area contributed by atoms with Crippen LogP contribution >= 0.6 is 0 Å². The second-order valence-corrected chi connectivity index (χ2v) is 5.81. The third-order valence-electron chi connectivity index (χ3n) is 2.97. The van der Waals surface area contributed by atoms with Crippen LogP contribution in [-0.4, -0.2) is 44.4 Å². The highest BCUT2D eigenvalue weighted by atomic mass is 32.2. The normalized spacial score (nSPS) is 26.2. The number of carboxylic acid groups (broad SMARTS) is 1. The van der Waals surface area contributed by atoms with Crippen molar-refractivity contribution in [3.8, 4) is 0 Å². The van der Waals surface area contributed by atoms with Gasteiger partial charge in [-0.15, -0.1) is 0 Å². The smallest absolute Gasteiger partial charge is 0.371 e. The largest absolute Gasteiger partial charge is 0.544 e. The summed E-state index contributed by atoms with van der Waals surface area (Å²) in [5.41, 5.74) is 0. The van der Waals surface area contributed by atoms with Gasteiger partial charge in [-0.05, 0) is 0 Å². The zero-order valence-corrected chi connectivity index (χ0v) is 10.4. The molecule has 1 unspecified atom stereocenters. The van der Waals surface area contributed by atoms with E-state index in [0.717, 1.165) is 0 Å². The van der Waals surface area contributed by atoms with E-state index in [1.54, 1.807) is 13.8 Å². The van der Waals surface area contributed by atoms with Crippen molar-refractivity contribution in [3.63, 3.8) is 0 Å². The van der Waals surface area contributed by atoms with Crippen LogP contribution in [0.3, 0.4) is 0 Å². The molecule has 2 atom stereocenters. The maximum atomic E-state index is 12.1. The first-order valence-electron chi connectivity index (χ1n) is 5.51. The van der Waals surface area contributed by atoms with Crippen molar-refractivity contribution in [2.24, 2.45) is 0 Å². The lowest BCUT2D eigenvalue weighted by Gasteiger charge is -2.26. The van der Waals surface area contributed by atoms with Crippen LogP contribution < -0.4 is 9.41 Å². The first kappa shape index (κ1) is 13.4. The van der Waals surface area contributed by atoms with Crippen LogP contribution in [0.4, 0.5) is 0 Å². The molecular weight excluding hydrogens is 232 g/mol. The standard InChI is InChI=1S/C9H18N2O4S/c1-3-10(4-2)16(14,15)11-7-5-6-8(11)9(12)13/h8H,3-7H2,1-2H3,(H,12,13)/t8-/m1/s1.